The first kappa shape index (κ1) is 13.3. The Morgan fingerprint density at radius 2 is 1.95 bits per heavy atom. The van der Waals surface area contributed by atoms with E-state index in [9.17, 15) is 4.39 Å². The average Bonchev–Trinajstić information content (AvgIpc) is 2.37. The second kappa shape index (κ2) is 5.26. The molecule has 0 radical (unpaired) electrons. The monoisotopic (exact) mass is 259 g/mol. The number of nitrogen functional groups attached to an aromatic ring is 1. The highest BCUT2D eigenvalue weighted by atomic mass is 19.1. The van der Waals surface area contributed by atoms with Crippen molar-refractivity contribution in [1.29, 1.82) is 0 Å². The van der Waals surface area contributed by atoms with Crippen molar-refractivity contribution in [3.63, 3.8) is 0 Å². The van der Waals surface area contributed by atoms with Crippen LogP contribution in [0.1, 0.15) is 16.7 Å². The van der Waals surface area contributed by atoms with Gasteiger partial charge in [0.15, 0.2) is 0 Å². The lowest BCUT2D eigenvalue weighted by Crippen LogP contribution is -2.18. The van der Waals surface area contributed by atoms with E-state index >= 15 is 0 Å². The van der Waals surface area contributed by atoms with Gasteiger partial charge in [0.2, 0.25) is 0 Å². The summed E-state index contributed by atoms with van der Waals surface area (Å²) >= 11 is 0. The van der Waals surface area contributed by atoms with Gasteiger partial charge in [-0.3, -0.25) is 0 Å². The average molecular weight is 259 g/mol. The Kier molecular flexibility index (Phi) is 3.69. The predicted molar refractivity (Wildman–Crippen MR) is 76.6 cm³/mol. The standard InChI is InChI=1S/C15H18FN3/c1-10-6-12(4-5-13(10)16)9-19(3)15-7-11(2)14(17)8-18-15/h4-8H,9,17H2,1-3H3. The molecule has 19 heavy (non-hydrogen) atoms. The van der Waals surface area contributed by atoms with E-state index in [0.29, 0.717) is 17.8 Å². The molecule has 0 spiro atoms. The molecular formula is C15H18FN3. The summed E-state index contributed by atoms with van der Waals surface area (Å²) in [6, 6.07) is 7.10. The third kappa shape index (κ3) is 3.02. The fourth-order valence-electron chi connectivity index (χ4n) is 1.92. The molecule has 4 heteroatoms. The quantitative estimate of drug-likeness (QED) is 0.921. The molecule has 0 atom stereocenters. The van der Waals surface area contributed by atoms with Gasteiger partial charge < -0.3 is 10.6 Å². The van der Waals surface area contributed by atoms with Crippen LogP contribution in [0.3, 0.4) is 0 Å². The minimum absolute atomic E-state index is 0.173. The molecule has 0 fully saturated rings. The number of benzene rings is 1. The molecule has 0 saturated heterocycles. The second-order valence-corrected chi connectivity index (χ2v) is 4.84. The molecule has 0 amide bonds. The number of nitrogens with zero attached hydrogens (tertiary/aromatic N) is 2. The van der Waals surface area contributed by atoms with E-state index in [1.807, 2.05) is 31.0 Å². The molecule has 2 rings (SSSR count). The van der Waals surface area contributed by atoms with Crippen LogP contribution in [0.2, 0.25) is 0 Å². The highest BCUT2D eigenvalue weighted by Crippen LogP contribution is 2.18. The van der Waals surface area contributed by atoms with E-state index < -0.39 is 0 Å². The number of hydrogen-bond acceptors (Lipinski definition) is 3. The number of rotatable bonds is 3. The van der Waals surface area contributed by atoms with Gasteiger partial charge in [-0.2, -0.15) is 0 Å². The van der Waals surface area contributed by atoms with Gasteiger partial charge in [-0.25, -0.2) is 9.37 Å². The van der Waals surface area contributed by atoms with E-state index in [-0.39, 0.29) is 5.82 Å². The first-order valence-electron chi connectivity index (χ1n) is 6.15. The lowest BCUT2D eigenvalue weighted by atomic mass is 10.1. The molecule has 1 aromatic heterocycles. The molecule has 0 bridgehead atoms. The van der Waals surface area contributed by atoms with Crippen LogP contribution in [-0.4, -0.2) is 12.0 Å². The minimum Gasteiger partial charge on any atom is -0.397 e. The Morgan fingerprint density at radius 3 is 2.58 bits per heavy atom. The molecule has 2 aromatic rings. The van der Waals surface area contributed by atoms with E-state index in [2.05, 4.69) is 4.98 Å². The number of halogens is 1. The summed E-state index contributed by atoms with van der Waals surface area (Å²) in [5.74, 6) is 0.682. The summed E-state index contributed by atoms with van der Waals surface area (Å²) in [4.78, 5) is 6.32. The van der Waals surface area contributed by atoms with Crippen LogP contribution < -0.4 is 10.6 Å². The van der Waals surface area contributed by atoms with Crippen LogP contribution in [-0.2, 0) is 6.54 Å². The number of pyridine rings is 1. The number of nitrogens with two attached hydrogens (primary N) is 1. The molecule has 100 valence electrons. The molecule has 0 aliphatic heterocycles. The van der Waals surface area contributed by atoms with Crippen molar-refractivity contribution < 1.29 is 4.39 Å². The van der Waals surface area contributed by atoms with Crippen LogP contribution in [0.25, 0.3) is 0 Å². The van der Waals surface area contributed by atoms with Gasteiger partial charge in [0.05, 0.1) is 11.9 Å². The lowest BCUT2D eigenvalue weighted by Gasteiger charge is -2.19. The molecule has 3 nitrogen and oxygen atoms in total. The Hall–Kier alpha value is -2.10. The highest BCUT2D eigenvalue weighted by molar-refractivity contribution is 5.52. The van der Waals surface area contributed by atoms with E-state index in [1.54, 1.807) is 19.2 Å². The highest BCUT2D eigenvalue weighted by Gasteiger charge is 2.06. The SMILES string of the molecule is Cc1cc(N(C)Cc2ccc(F)c(C)c2)ncc1N. The normalized spacial score (nSPS) is 10.5. The largest absolute Gasteiger partial charge is 0.397 e. The molecule has 0 unspecified atom stereocenters. The van der Waals surface area contributed by atoms with Gasteiger partial charge in [-0.1, -0.05) is 12.1 Å². The molecule has 1 aromatic carbocycles. The van der Waals surface area contributed by atoms with Gasteiger partial charge in [0, 0.05) is 13.6 Å². The second-order valence-electron chi connectivity index (χ2n) is 4.84. The third-order valence-corrected chi connectivity index (χ3v) is 3.17. The van der Waals surface area contributed by atoms with Crippen LogP contribution in [0.15, 0.2) is 30.5 Å². The summed E-state index contributed by atoms with van der Waals surface area (Å²) in [7, 11) is 1.96. The van der Waals surface area contributed by atoms with Gasteiger partial charge in [-0.05, 0) is 42.7 Å². The number of hydrogen-bond donors (Lipinski definition) is 1. The molecule has 0 aliphatic rings. The smallest absolute Gasteiger partial charge is 0.128 e. The molecular weight excluding hydrogens is 241 g/mol. The van der Waals surface area contributed by atoms with Gasteiger partial charge in [0.1, 0.15) is 11.6 Å². The van der Waals surface area contributed by atoms with E-state index in [0.717, 1.165) is 16.9 Å². The van der Waals surface area contributed by atoms with Crippen LogP contribution >= 0.6 is 0 Å². The summed E-state index contributed by atoms with van der Waals surface area (Å²) in [6.07, 6.45) is 1.66. The van der Waals surface area contributed by atoms with Crippen LogP contribution in [0.5, 0.6) is 0 Å². The van der Waals surface area contributed by atoms with Crippen molar-refractivity contribution in [2.75, 3.05) is 17.7 Å². The van der Waals surface area contributed by atoms with E-state index in [4.69, 9.17) is 5.73 Å². The Labute approximate surface area is 112 Å². The van der Waals surface area contributed by atoms with Crippen molar-refractivity contribution in [3.05, 3.63) is 53.0 Å². The Bertz CT molecular complexity index is 596. The minimum atomic E-state index is -0.173. The summed E-state index contributed by atoms with van der Waals surface area (Å²) < 4.78 is 13.2. The Balaban J connectivity index is 2.17. The number of aryl methyl sites for hydroxylation is 2. The first-order valence-corrected chi connectivity index (χ1v) is 6.15. The van der Waals surface area contributed by atoms with Crippen LogP contribution in [0.4, 0.5) is 15.9 Å². The maximum absolute atomic E-state index is 13.2. The zero-order valence-corrected chi connectivity index (χ0v) is 11.4. The number of anilines is 2. The van der Waals surface area contributed by atoms with Gasteiger partial charge in [-0.15, -0.1) is 0 Å². The van der Waals surface area contributed by atoms with Crippen molar-refractivity contribution in [2.45, 2.75) is 20.4 Å². The fourth-order valence-corrected chi connectivity index (χ4v) is 1.92. The zero-order chi connectivity index (χ0) is 14.0. The third-order valence-electron chi connectivity index (χ3n) is 3.17. The molecule has 0 saturated carbocycles. The topological polar surface area (TPSA) is 42.2 Å². The van der Waals surface area contributed by atoms with Gasteiger partial charge in [0.25, 0.3) is 0 Å². The van der Waals surface area contributed by atoms with Crippen molar-refractivity contribution in [3.8, 4) is 0 Å². The maximum atomic E-state index is 13.2. The molecule has 0 aliphatic carbocycles. The van der Waals surface area contributed by atoms with Gasteiger partial charge >= 0.3 is 0 Å². The predicted octanol–water partition coefficient (Wildman–Crippen LogP) is 3.06. The Morgan fingerprint density at radius 1 is 1.21 bits per heavy atom. The summed E-state index contributed by atoms with van der Waals surface area (Å²) in [6.45, 7) is 4.40. The molecule has 2 N–H and O–H groups in total. The lowest BCUT2D eigenvalue weighted by molar-refractivity contribution is 0.617. The maximum Gasteiger partial charge on any atom is 0.128 e. The van der Waals surface area contributed by atoms with Crippen LogP contribution in [0, 0.1) is 19.7 Å². The zero-order valence-electron chi connectivity index (χ0n) is 11.4. The van der Waals surface area contributed by atoms with Crippen molar-refractivity contribution >= 4 is 11.5 Å². The summed E-state index contributed by atoms with van der Waals surface area (Å²) in [5.41, 5.74) is 9.16. The molecule has 1 heterocycles. The first-order chi connectivity index (χ1) is 8.97. The number of aromatic nitrogens is 1. The van der Waals surface area contributed by atoms with Crippen molar-refractivity contribution in [1.82, 2.24) is 4.98 Å². The fraction of sp³-hybridized carbons (Fsp3) is 0.267. The van der Waals surface area contributed by atoms with Crippen molar-refractivity contribution in [2.24, 2.45) is 0 Å². The summed E-state index contributed by atoms with van der Waals surface area (Å²) in [5, 5.41) is 0. The van der Waals surface area contributed by atoms with E-state index in [1.165, 1.54) is 6.07 Å².